The quantitative estimate of drug-likeness (QED) is 0.0591. The number of carbonyl (C=O) groups excluding carboxylic acids is 6. The predicted octanol–water partition coefficient (Wildman–Crippen LogP) is 6.10. The Hall–Kier alpha value is -3.85. The van der Waals surface area contributed by atoms with Crippen molar-refractivity contribution < 1.29 is 48.1 Å². The van der Waals surface area contributed by atoms with Crippen LogP contribution >= 0.6 is 11.8 Å². The number of aliphatic hydroxyl groups excluding tert-OH is 1. The van der Waals surface area contributed by atoms with E-state index in [2.05, 4.69) is 28.2 Å². The lowest BCUT2D eigenvalue weighted by Crippen LogP contribution is -2.65. The molecule has 14 nitrogen and oxygen atoms in total. The van der Waals surface area contributed by atoms with Crippen molar-refractivity contribution in [3.8, 4) is 0 Å². The second kappa shape index (κ2) is 19.9. The van der Waals surface area contributed by atoms with Crippen molar-refractivity contribution in [2.24, 2.45) is 34.0 Å². The molecule has 8 atom stereocenters. The maximum atomic E-state index is 14.2. The summed E-state index contributed by atoms with van der Waals surface area (Å²) < 4.78 is 16.9. The van der Waals surface area contributed by atoms with Crippen molar-refractivity contribution in [2.45, 2.75) is 149 Å². The summed E-state index contributed by atoms with van der Waals surface area (Å²) in [5.74, 6) is -1.66. The van der Waals surface area contributed by atoms with Crippen LogP contribution < -0.4 is 21.3 Å². The summed E-state index contributed by atoms with van der Waals surface area (Å²) in [6, 6.07) is 7.36. The molecule has 0 aromatic heterocycles. The molecule has 0 heterocycles. The van der Waals surface area contributed by atoms with E-state index in [1.54, 1.807) is 48.5 Å². The molecular weight excluding hydrogens is 789 g/mol. The first-order chi connectivity index (χ1) is 27.9. The fraction of sp³-hybridized carbons (Fsp3) is 0.733. The molecule has 60 heavy (non-hydrogen) atoms. The number of benzene rings is 1. The number of hydrogen-bond donors (Lipinski definition) is 5. The van der Waals surface area contributed by atoms with Gasteiger partial charge in [-0.3, -0.25) is 19.2 Å². The number of esters is 1. The number of thioether (sulfide) groups is 1. The van der Waals surface area contributed by atoms with E-state index in [1.807, 2.05) is 38.1 Å². The highest BCUT2D eigenvalue weighted by Crippen LogP contribution is 2.68. The number of alkyl carbamates (subject to hydrolysis) is 2. The van der Waals surface area contributed by atoms with Gasteiger partial charge in [0.1, 0.15) is 23.1 Å². The smallest absolute Gasteiger partial charge is 0.407 e. The average Bonchev–Trinajstić information content (AvgIpc) is 3.50. The molecule has 4 rings (SSSR count). The molecule has 0 unspecified atom stereocenters. The molecule has 3 saturated carbocycles. The Morgan fingerprint density at radius 3 is 1.93 bits per heavy atom. The summed E-state index contributed by atoms with van der Waals surface area (Å²) in [5, 5.41) is 23.4. The Balaban J connectivity index is 1.39. The summed E-state index contributed by atoms with van der Waals surface area (Å²) in [6.07, 6.45) is 0.775. The van der Waals surface area contributed by atoms with Gasteiger partial charge in [0.05, 0.1) is 23.7 Å². The lowest BCUT2D eigenvalue weighted by molar-refractivity contribution is -0.211. The predicted molar refractivity (Wildman–Crippen MR) is 229 cm³/mol. The van der Waals surface area contributed by atoms with Gasteiger partial charge >= 0.3 is 18.2 Å². The number of carbonyl (C=O) groups is 6. The number of nitrogens with one attached hydrogen (secondary N) is 4. The lowest BCUT2D eigenvalue weighted by atomic mass is 9.43. The van der Waals surface area contributed by atoms with E-state index in [0.29, 0.717) is 38.8 Å². The summed E-state index contributed by atoms with van der Waals surface area (Å²) in [7, 11) is 0. The summed E-state index contributed by atoms with van der Waals surface area (Å²) in [6.45, 7) is 19.9. The van der Waals surface area contributed by atoms with Gasteiger partial charge in [0, 0.05) is 55.2 Å². The van der Waals surface area contributed by atoms with Crippen LogP contribution in [0.5, 0.6) is 0 Å². The molecular formula is C45H70N4O10S. The van der Waals surface area contributed by atoms with Crippen LogP contribution in [0.4, 0.5) is 9.59 Å². The van der Waals surface area contributed by atoms with Gasteiger partial charge in [-0.2, -0.15) is 0 Å². The third-order valence-corrected chi connectivity index (χ3v) is 13.9. The van der Waals surface area contributed by atoms with Crippen LogP contribution in [0.3, 0.4) is 0 Å². The molecule has 1 aromatic carbocycles. The highest BCUT2D eigenvalue weighted by atomic mass is 32.2. The zero-order valence-corrected chi connectivity index (χ0v) is 38.2. The molecule has 2 bridgehead atoms. The van der Waals surface area contributed by atoms with Gasteiger partial charge in [-0.05, 0) is 116 Å². The molecule has 3 fully saturated rings. The van der Waals surface area contributed by atoms with E-state index >= 15 is 0 Å². The standard InChI is InChI=1S/C45H70N4O10S/c1-28-17-19-45-20-18-32(50)36(45)44(28,10)33(26-43(9,37(53)29(45)2)38(54)47-22-12-24-49-40(56)59-42(6,7)8)57-35(52)27-60-31-15-13-30(14-16-31)25-34(51)46-21-11-23-48-39(55)58-41(3,4)5/h13-16,28-29,33,36-37,53H,11-12,17-27H2,1-10H3,(H,46,51)(H,47,54)(H,48,55)(H,49,56)/t28-,29+,33-,36+,37+,43+,44+,45+/m1/s1. The van der Waals surface area contributed by atoms with E-state index in [1.165, 1.54) is 11.8 Å². The van der Waals surface area contributed by atoms with Gasteiger partial charge in [0.2, 0.25) is 11.8 Å². The van der Waals surface area contributed by atoms with Crippen molar-refractivity contribution in [1.82, 2.24) is 21.3 Å². The van der Waals surface area contributed by atoms with Gasteiger partial charge in [0.15, 0.2) is 0 Å². The van der Waals surface area contributed by atoms with Crippen molar-refractivity contribution in [3.63, 3.8) is 0 Å². The van der Waals surface area contributed by atoms with Crippen molar-refractivity contribution in [2.75, 3.05) is 31.9 Å². The topological polar surface area (TPSA) is 198 Å². The zero-order chi connectivity index (χ0) is 44.7. The second-order valence-electron chi connectivity index (χ2n) is 19.6. The first kappa shape index (κ1) is 48.8. The minimum absolute atomic E-state index is 0.00968. The molecule has 3 aliphatic carbocycles. The maximum absolute atomic E-state index is 14.2. The number of aliphatic hydroxyl groups is 1. The van der Waals surface area contributed by atoms with Crippen molar-refractivity contribution >= 4 is 47.5 Å². The average molecular weight is 859 g/mol. The minimum Gasteiger partial charge on any atom is -0.461 e. The third-order valence-electron chi connectivity index (χ3n) is 12.9. The van der Waals surface area contributed by atoms with Gasteiger partial charge in [-0.15, -0.1) is 11.8 Å². The molecule has 5 N–H and O–H groups in total. The molecule has 3 aliphatic rings. The lowest BCUT2D eigenvalue weighted by Gasteiger charge is -2.61. The largest absolute Gasteiger partial charge is 0.461 e. The zero-order valence-electron chi connectivity index (χ0n) is 37.4. The van der Waals surface area contributed by atoms with Crippen LogP contribution in [-0.2, 0) is 39.8 Å². The molecule has 0 saturated heterocycles. The second-order valence-corrected chi connectivity index (χ2v) is 20.6. The van der Waals surface area contributed by atoms with Crippen molar-refractivity contribution in [3.05, 3.63) is 29.8 Å². The number of ether oxygens (including phenoxy) is 3. The number of ketones is 1. The van der Waals surface area contributed by atoms with Crippen LogP contribution in [0.15, 0.2) is 29.2 Å². The van der Waals surface area contributed by atoms with Gasteiger partial charge < -0.3 is 40.6 Å². The highest BCUT2D eigenvalue weighted by Gasteiger charge is 2.69. The van der Waals surface area contributed by atoms with E-state index in [-0.39, 0.29) is 61.1 Å². The first-order valence-corrected chi connectivity index (χ1v) is 22.5. The molecule has 1 aromatic rings. The van der Waals surface area contributed by atoms with Crippen LogP contribution in [0, 0.1) is 34.0 Å². The van der Waals surface area contributed by atoms with Gasteiger partial charge in [-0.1, -0.05) is 32.9 Å². The Morgan fingerprint density at radius 1 is 0.817 bits per heavy atom. The maximum Gasteiger partial charge on any atom is 0.407 e. The summed E-state index contributed by atoms with van der Waals surface area (Å²) in [4.78, 5) is 79.2. The minimum atomic E-state index is -1.35. The number of hydrogen-bond acceptors (Lipinski definition) is 11. The summed E-state index contributed by atoms with van der Waals surface area (Å²) >= 11 is 1.29. The van der Waals surface area contributed by atoms with E-state index in [4.69, 9.17) is 14.2 Å². The Kier molecular flexibility index (Phi) is 16.2. The number of rotatable bonds is 15. The molecule has 0 aliphatic heterocycles. The Labute approximate surface area is 360 Å². The van der Waals surface area contributed by atoms with Crippen molar-refractivity contribution in [1.29, 1.82) is 0 Å². The van der Waals surface area contributed by atoms with E-state index in [0.717, 1.165) is 23.3 Å². The molecule has 336 valence electrons. The fourth-order valence-electron chi connectivity index (χ4n) is 9.59. The summed E-state index contributed by atoms with van der Waals surface area (Å²) in [5.41, 5.74) is -3.06. The highest BCUT2D eigenvalue weighted by molar-refractivity contribution is 8.00. The Morgan fingerprint density at radius 2 is 1.37 bits per heavy atom. The van der Waals surface area contributed by atoms with E-state index in [9.17, 15) is 33.9 Å². The van der Waals surface area contributed by atoms with E-state index < -0.39 is 63.7 Å². The van der Waals surface area contributed by atoms with Crippen LogP contribution in [0.2, 0.25) is 0 Å². The van der Waals surface area contributed by atoms with Gasteiger partial charge in [-0.25, -0.2) is 9.59 Å². The monoisotopic (exact) mass is 858 g/mol. The number of amides is 4. The molecule has 0 spiro atoms. The van der Waals surface area contributed by atoms with Crippen LogP contribution in [0.25, 0.3) is 0 Å². The van der Waals surface area contributed by atoms with Crippen LogP contribution in [0.1, 0.15) is 120 Å². The SMILES string of the molecule is C[C@@H]1CC[C@@]23CCC(=O)[C@H]2[C@]1(C)[C@H](OC(=O)CSc1ccc(CC(=O)NCCCNC(=O)OC(C)(C)C)cc1)C[C@](C)(C(=O)NCCCNC(=O)OC(C)(C)C)[C@@H](O)[C@@H]3C. The third kappa shape index (κ3) is 12.2. The number of Topliss-reactive ketones (excluding diaryl/α,β-unsaturated/α-hetero) is 1. The molecule has 15 heteroatoms. The van der Waals surface area contributed by atoms with Gasteiger partial charge in [0.25, 0.3) is 0 Å². The molecule has 0 radical (unpaired) electrons. The fourth-order valence-corrected chi connectivity index (χ4v) is 10.3. The Bertz CT molecular complexity index is 1710. The van der Waals surface area contributed by atoms with Crippen LogP contribution in [-0.4, -0.2) is 96.2 Å². The molecule has 4 amide bonds. The normalized spacial score (nSPS) is 28.9. The first-order valence-electron chi connectivity index (χ1n) is 21.5.